The first-order chi connectivity index (χ1) is 13.0. The fourth-order valence-corrected chi connectivity index (χ4v) is 4.05. The van der Waals surface area contributed by atoms with Crippen LogP contribution in [-0.4, -0.2) is 17.0 Å². The maximum atomic E-state index is 11.3. The normalized spacial score (nSPS) is 22.5. The number of hydrogen-bond donors (Lipinski definition) is 1. The Bertz CT molecular complexity index is 955. The second-order valence-electron chi connectivity index (χ2n) is 6.69. The lowest BCUT2D eigenvalue weighted by Gasteiger charge is -2.38. The molecule has 0 aromatic heterocycles. The molecule has 1 aliphatic heterocycles. The number of nitrogens with one attached hydrogen (secondary N) is 1. The Hall–Kier alpha value is -3.42. The summed E-state index contributed by atoms with van der Waals surface area (Å²) in [7, 11) is 1.48. The first kappa shape index (κ1) is 17.0. The Morgan fingerprint density at radius 3 is 2.41 bits per heavy atom. The van der Waals surface area contributed by atoms with Gasteiger partial charge in [0.15, 0.2) is 0 Å². The molecule has 138 valence electrons. The average Bonchev–Trinajstić information content (AvgIpc) is 3.16. The van der Waals surface area contributed by atoms with Gasteiger partial charge in [0.2, 0.25) is 0 Å². The summed E-state index contributed by atoms with van der Waals surface area (Å²) < 4.78 is 5.41. The molecule has 0 saturated carbocycles. The number of non-ortho nitro benzene ring substituents is 2. The van der Waals surface area contributed by atoms with E-state index < -0.39 is 9.85 Å². The number of fused-ring (bicyclic) bond motifs is 3. The van der Waals surface area contributed by atoms with Gasteiger partial charge in [0.25, 0.3) is 11.4 Å². The van der Waals surface area contributed by atoms with E-state index in [0.717, 1.165) is 23.2 Å². The average molecular weight is 367 g/mol. The zero-order valence-electron chi connectivity index (χ0n) is 14.5. The third-order valence-electron chi connectivity index (χ3n) is 5.31. The minimum Gasteiger partial charge on any atom is -0.494 e. The largest absolute Gasteiger partial charge is 0.494 e. The molecule has 0 bridgehead atoms. The number of rotatable bonds is 4. The molecule has 8 heteroatoms. The Morgan fingerprint density at radius 2 is 1.78 bits per heavy atom. The molecule has 1 heterocycles. The van der Waals surface area contributed by atoms with Crippen LogP contribution in [-0.2, 0) is 0 Å². The smallest absolute Gasteiger partial charge is 0.273 e. The van der Waals surface area contributed by atoms with Crippen molar-refractivity contribution in [1.82, 2.24) is 0 Å². The predicted molar refractivity (Wildman–Crippen MR) is 99.1 cm³/mol. The monoisotopic (exact) mass is 367 g/mol. The summed E-state index contributed by atoms with van der Waals surface area (Å²) in [6.45, 7) is 0. The van der Waals surface area contributed by atoms with E-state index in [2.05, 4.69) is 17.5 Å². The van der Waals surface area contributed by atoms with Crippen molar-refractivity contribution >= 4 is 17.1 Å². The van der Waals surface area contributed by atoms with Gasteiger partial charge in [0.05, 0.1) is 34.8 Å². The first-order valence-corrected chi connectivity index (χ1v) is 8.53. The van der Waals surface area contributed by atoms with Crippen molar-refractivity contribution in [2.45, 2.75) is 18.4 Å². The molecule has 27 heavy (non-hydrogen) atoms. The van der Waals surface area contributed by atoms with Crippen molar-refractivity contribution in [2.24, 2.45) is 5.92 Å². The third-order valence-corrected chi connectivity index (χ3v) is 5.31. The summed E-state index contributed by atoms with van der Waals surface area (Å²) in [6, 6.07) is 9.45. The summed E-state index contributed by atoms with van der Waals surface area (Å²) in [5.74, 6) is 0.616. The van der Waals surface area contributed by atoms with Crippen molar-refractivity contribution in [2.75, 3.05) is 12.4 Å². The Labute approximate surface area is 154 Å². The van der Waals surface area contributed by atoms with E-state index in [9.17, 15) is 20.2 Å². The highest BCUT2D eigenvalue weighted by atomic mass is 16.6. The minimum atomic E-state index is -0.421. The quantitative estimate of drug-likeness (QED) is 0.489. The van der Waals surface area contributed by atoms with E-state index in [4.69, 9.17) is 4.74 Å². The van der Waals surface area contributed by atoms with Gasteiger partial charge in [0, 0.05) is 24.1 Å². The standard InChI is InChI=1S/C19H17N3O5/c1-27-17-10-13(22(25)26)9-16-14-3-2-4-15(14)18(20-19(16)17)11-5-7-12(8-6-11)21(23)24/h2-3,5-10,14-15,18,20H,4H2,1H3/t14-,15+,18-/m0/s1. The Balaban J connectivity index is 1.79. The molecule has 0 amide bonds. The molecule has 0 fully saturated rings. The lowest BCUT2D eigenvalue weighted by molar-refractivity contribution is -0.385. The molecule has 0 spiro atoms. The van der Waals surface area contributed by atoms with Crippen molar-refractivity contribution < 1.29 is 14.6 Å². The predicted octanol–water partition coefficient (Wildman–Crippen LogP) is 4.34. The van der Waals surface area contributed by atoms with Gasteiger partial charge in [-0.15, -0.1) is 0 Å². The van der Waals surface area contributed by atoms with Crippen molar-refractivity contribution in [1.29, 1.82) is 0 Å². The molecule has 1 N–H and O–H groups in total. The van der Waals surface area contributed by atoms with E-state index in [-0.39, 0.29) is 29.3 Å². The van der Waals surface area contributed by atoms with Crippen LogP contribution in [0.5, 0.6) is 5.75 Å². The number of allylic oxidation sites excluding steroid dienone is 2. The van der Waals surface area contributed by atoms with Gasteiger partial charge < -0.3 is 10.1 Å². The van der Waals surface area contributed by atoms with Crippen molar-refractivity contribution in [3.63, 3.8) is 0 Å². The third kappa shape index (κ3) is 2.79. The molecule has 8 nitrogen and oxygen atoms in total. The summed E-state index contributed by atoms with van der Waals surface area (Å²) in [5.41, 5.74) is 2.56. The SMILES string of the molecule is COc1cc([N+](=O)[O-])cc2c1N[C@@H](c1ccc([N+](=O)[O-])cc1)[C@@H]1CC=C[C@H]21. The molecule has 0 saturated heterocycles. The highest BCUT2D eigenvalue weighted by Crippen LogP contribution is 2.53. The molecular formula is C19H17N3O5. The van der Waals surface area contributed by atoms with E-state index in [1.54, 1.807) is 18.2 Å². The van der Waals surface area contributed by atoms with Crippen LogP contribution in [0.2, 0.25) is 0 Å². The maximum absolute atomic E-state index is 11.3. The molecule has 0 unspecified atom stereocenters. The van der Waals surface area contributed by atoms with E-state index in [0.29, 0.717) is 5.75 Å². The van der Waals surface area contributed by atoms with Crippen molar-refractivity contribution in [3.05, 3.63) is 79.9 Å². The van der Waals surface area contributed by atoms with Gasteiger partial charge in [-0.1, -0.05) is 24.3 Å². The number of ether oxygens (including phenoxy) is 1. The molecule has 1 aliphatic carbocycles. The zero-order valence-corrected chi connectivity index (χ0v) is 14.5. The topological polar surface area (TPSA) is 108 Å². The molecular weight excluding hydrogens is 350 g/mol. The summed E-state index contributed by atoms with van der Waals surface area (Å²) in [4.78, 5) is 21.4. The van der Waals surface area contributed by atoms with Gasteiger partial charge in [-0.25, -0.2) is 0 Å². The molecule has 4 rings (SSSR count). The van der Waals surface area contributed by atoms with Crippen LogP contribution in [0.4, 0.5) is 17.1 Å². The van der Waals surface area contributed by atoms with Crippen LogP contribution in [0, 0.1) is 26.1 Å². The fraction of sp³-hybridized carbons (Fsp3) is 0.263. The van der Waals surface area contributed by atoms with E-state index in [1.807, 2.05) is 0 Å². The summed E-state index contributed by atoms with van der Waals surface area (Å²) in [5, 5.41) is 25.7. The molecule has 2 aromatic carbocycles. The minimum absolute atomic E-state index is 0.000218. The summed E-state index contributed by atoms with van der Waals surface area (Å²) >= 11 is 0. The molecule has 3 atom stereocenters. The highest BCUT2D eigenvalue weighted by molar-refractivity contribution is 5.71. The first-order valence-electron chi connectivity index (χ1n) is 8.53. The second-order valence-corrected chi connectivity index (χ2v) is 6.69. The Morgan fingerprint density at radius 1 is 1.07 bits per heavy atom. The number of nitro benzene ring substituents is 2. The van der Waals surface area contributed by atoms with Gasteiger partial charge >= 0.3 is 0 Å². The molecule has 0 radical (unpaired) electrons. The lowest BCUT2D eigenvalue weighted by Crippen LogP contribution is -2.29. The van der Waals surface area contributed by atoms with E-state index >= 15 is 0 Å². The van der Waals surface area contributed by atoms with Crippen LogP contribution < -0.4 is 10.1 Å². The molecule has 2 aromatic rings. The zero-order chi connectivity index (χ0) is 19.1. The van der Waals surface area contributed by atoms with Gasteiger partial charge in [0.1, 0.15) is 5.75 Å². The van der Waals surface area contributed by atoms with Gasteiger partial charge in [-0.05, 0) is 23.5 Å². The number of nitro groups is 2. The van der Waals surface area contributed by atoms with E-state index in [1.165, 1.54) is 25.3 Å². The van der Waals surface area contributed by atoms with Crippen LogP contribution in [0.1, 0.15) is 29.5 Å². The van der Waals surface area contributed by atoms with Crippen LogP contribution in [0.3, 0.4) is 0 Å². The number of methoxy groups -OCH3 is 1. The van der Waals surface area contributed by atoms with Gasteiger partial charge in [-0.3, -0.25) is 20.2 Å². The molecule has 2 aliphatic rings. The van der Waals surface area contributed by atoms with Crippen molar-refractivity contribution in [3.8, 4) is 5.75 Å². The number of nitrogens with zero attached hydrogens (tertiary/aromatic N) is 2. The number of benzene rings is 2. The number of hydrogen-bond acceptors (Lipinski definition) is 6. The van der Waals surface area contributed by atoms with Crippen LogP contribution in [0.15, 0.2) is 48.6 Å². The maximum Gasteiger partial charge on any atom is 0.273 e. The highest BCUT2D eigenvalue weighted by Gasteiger charge is 2.40. The summed E-state index contributed by atoms with van der Waals surface area (Å²) in [6.07, 6.45) is 4.98. The Kier molecular flexibility index (Phi) is 4.02. The lowest BCUT2D eigenvalue weighted by atomic mass is 9.76. The second kappa shape index (κ2) is 6.39. The van der Waals surface area contributed by atoms with Crippen LogP contribution in [0.25, 0.3) is 0 Å². The van der Waals surface area contributed by atoms with Gasteiger partial charge in [-0.2, -0.15) is 0 Å². The number of anilines is 1. The van der Waals surface area contributed by atoms with Crippen LogP contribution >= 0.6 is 0 Å². The fourth-order valence-electron chi connectivity index (χ4n) is 4.05.